The molecule has 5 rings (SSSR count). The van der Waals surface area contributed by atoms with Crippen LogP contribution in [-0.4, -0.2) is 46.7 Å². The summed E-state index contributed by atoms with van der Waals surface area (Å²) < 4.78 is 15.7. The Morgan fingerprint density at radius 2 is 1.82 bits per heavy atom. The van der Waals surface area contributed by atoms with Gasteiger partial charge in [-0.3, -0.25) is 9.59 Å². The van der Waals surface area contributed by atoms with Gasteiger partial charge < -0.3 is 24.2 Å². The summed E-state index contributed by atoms with van der Waals surface area (Å²) in [6, 6.07) is 12.8. The number of aryl methyl sites for hydroxylation is 1. The summed E-state index contributed by atoms with van der Waals surface area (Å²) in [5.74, 6) is 2.29. The molecule has 0 spiro atoms. The third-order valence-corrected chi connectivity index (χ3v) is 5.97. The van der Waals surface area contributed by atoms with Crippen LogP contribution in [0.3, 0.4) is 0 Å². The van der Waals surface area contributed by atoms with Gasteiger partial charge in [0, 0.05) is 43.6 Å². The van der Waals surface area contributed by atoms with Crippen molar-refractivity contribution >= 4 is 11.8 Å². The van der Waals surface area contributed by atoms with Crippen LogP contribution in [0.2, 0.25) is 0 Å². The Morgan fingerprint density at radius 1 is 1.06 bits per heavy atom. The van der Waals surface area contributed by atoms with Crippen molar-refractivity contribution in [3.63, 3.8) is 0 Å². The number of amides is 2. The molecular formula is C24H24N4O5. The van der Waals surface area contributed by atoms with Gasteiger partial charge in [0.2, 0.25) is 24.4 Å². The second-order valence-electron chi connectivity index (χ2n) is 8.19. The second kappa shape index (κ2) is 8.93. The molecule has 33 heavy (non-hydrogen) atoms. The zero-order valence-corrected chi connectivity index (χ0v) is 18.2. The van der Waals surface area contributed by atoms with Gasteiger partial charge in [-0.1, -0.05) is 23.4 Å². The predicted octanol–water partition coefficient (Wildman–Crippen LogP) is 2.94. The molecule has 1 N–H and O–H groups in total. The standard InChI is InChI=1S/C24H24N4O5/c1-15-26-22(27-33-15)17-3-5-19(6-4-17)24(30)28-10-8-18(9-11-28)23(29)25-13-16-2-7-20-21(12-16)32-14-31-20/h2-7,12,18H,8-11,13-14H2,1H3,(H,25,29). The molecule has 2 aromatic carbocycles. The average Bonchev–Trinajstić information content (AvgIpc) is 3.51. The van der Waals surface area contributed by atoms with Crippen LogP contribution in [0.25, 0.3) is 11.4 Å². The van der Waals surface area contributed by atoms with E-state index in [9.17, 15) is 9.59 Å². The Balaban J connectivity index is 1.12. The van der Waals surface area contributed by atoms with E-state index < -0.39 is 0 Å². The largest absolute Gasteiger partial charge is 0.454 e. The van der Waals surface area contributed by atoms with Crippen LogP contribution in [-0.2, 0) is 11.3 Å². The molecule has 3 aromatic rings. The van der Waals surface area contributed by atoms with Gasteiger partial charge in [-0.05, 0) is 42.7 Å². The zero-order valence-electron chi connectivity index (χ0n) is 18.2. The highest BCUT2D eigenvalue weighted by Gasteiger charge is 2.28. The van der Waals surface area contributed by atoms with E-state index in [-0.39, 0.29) is 24.5 Å². The van der Waals surface area contributed by atoms with E-state index in [1.807, 2.05) is 30.3 Å². The van der Waals surface area contributed by atoms with E-state index in [2.05, 4.69) is 15.5 Å². The summed E-state index contributed by atoms with van der Waals surface area (Å²) >= 11 is 0. The number of aromatic nitrogens is 2. The van der Waals surface area contributed by atoms with E-state index in [0.717, 1.165) is 16.9 Å². The SMILES string of the molecule is Cc1nc(-c2ccc(C(=O)N3CCC(C(=O)NCc4ccc5c(c4)OCO5)CC3)cc2)no1. The van der Waals surface area contributed by atoms with Crippen LogP contribution in [0.4, 0.5) is 0 Å². The summed E-state index contributed by atoms with van der Waals surface area (Å²) in [6.07, 6.45) is 1.28. The first-order chi connectivity index (χ1) is 16.1. The van der Waals surface area contributed by atoms with Gasteiger partial charge in [-0.25, -0.2) is 0 Å². The highest BCUT2D eigenvalue weighted by Crippen LogP contribution is 2.32. The van der Waals surface area contributed by atoms with Crippen LogP contribution in [0.15, 0.2) is 47.0 Å². The summed E-state index contributed by atoms with van der Waals surface area (Å²) in [5, 5.41) is 6.89. The third kappa shape index (κ3) is 4.52. The molecule has 0 bridgehead atoms. The highest BCUT2D eigenvalue weighted by molar-refractivity contribution is 5.94. The highest BCUT2D eigenvalue weighted by atomic mass is 16.7. The molecule has 1 fully saturated rings. The van der Waals surface area contributed by atoms with Crippen LogP contribution in [0.5, 0.6) is 11.5 Å². The van der Waals surface area contributed by atoms with Crippen molar-refractivity contribution in [2.45, 2.75) is 26.3 Å². The number of rotatable bonds is 5. The number of likely N-dealkylation sites (tertiary alicyclic amines) is 1. The fourth-order valence-corrected chi connectivity index (χ4v) is 4.09. The number of piperidine rings is 1. The van der Waals surface area contributed by atoms with Crippen molar-refractivity contribution in [2.24, 2.45) is 5.92 Å². The molecule has 2 aliphatic rings. The van der Waals surface area contributed by atoms with Gasteiger partial charge in [-0.2, -0.15) is 4.98 Å². The molecule has 9 heteroatoms. The molecule has 1 aromatic heterocycles. The molecule has 2 amide bonds. The quantitative estimate of drug-likeness (QED) is 0.639. The maximum Gasteiger partial charge on any atom is 0.253 e. The fourth-order valence-electron chi connectivity index (χ4n) is 4.09. The van der Waals surface area contributed by atoms with E-state index in [4.69, 9.17) is 14.0 Å². The minimum Gasteiger partial charge on any atom is -0.454 e. The summed E-state index contributed by atoms with van der Waals surface area (Å²) in [7, 11) is 0. The topological polar surface area (TPSA) is 107 Å². The van der Waals surface area contributed by atoms with Crippen molar-refractivity contribution in [1.29, 1.82) is 0 Å². The first-order valence-electron chi connectivity index (χ1n) is 10.9. The number of fused-ring (bicyclic) bond motifs is 1. The molecule has 0 unspecified atom stereocenters. The van der Waals surface area contributed by atoms with Gasteiger partial charge in [-0.15, -0.1) is 0 Å². The zero-order chi connectivity index (χ0) is 22.8. The monoisotopic (exact) mass is 448 g/mol. The van der Waals surface area contributed by atoms with Gasteiger partial charge in [0.15, 0.2) is 11.5 Å². The summed E-state index contributed by atoms with van der Waals surface area (Å²) in [4.78, 5) is 31.5. The van der Waals surface area contributed by atoms with Gasteiger partial charge >= 0.3 is 0 Å². The summed E-state index contributed by atoms with van der Waals surface area (Å²) in [5.41, 5.74) is 2.35. The van der Waals surface area contributed by atoms with Crippen molar-refractivity contribution in [1.82, 2.24) is 20.4 Å². The molecule has 170 valence electrons. The first kappa shape index (κ1) is 21.0. The van der Waals surface area contributed by atoms with Crippen molar-refractivity contribution in [3.05, 3.63) is 59.5 Å². The molecule has 1 saturated heterocycles. The molecule has 0 atom stereocenters. The minimum atomic E-state index is -0.105. The normalized spacial score (nSPS) is 15.5. The number of carbonyl (C=O) groups excluding carboxylic acids is 2. The van der Waals surface area contributed by atoms with Crippen LogP contribution >= 0.6 is 0 Å². The fraction of sp³-hybridized carbons (Fsp3) is 0.333. The number of nitrogens with one attached hydrogen (secondary N) is 1. The molecule has 9 nitrogen and oxygen atoms in total. The number of hydrogen-bond acceptors (Lipinski definition) is 7. The van der Waals surface area contributed by atoms with Crippen LogP contribution in [0.1, 0.15) is 34.7 Å². The number of nitrogens with zero attached hydrogens (tertiary/aromatic N) is 3. The Hall–Kier alpha value is -3.88. The first-order valence-corrected chi connectivity index (χ1v) is 10.9. The Kier molecular flexibility index (Phi) is 5.68. The summed E-state index contributed by atoms with van der Waals surface area (Å²) in [6.45, 7) is 3.49. The second-order valence-corrected chi connectivity index (χ2v) is 8.19. The molecule has 2 aliphatic heterocycles. The Bertz CT molecular complexity index is 1170. The van der Waals surface area contributed by atoms with E-state index in [1.165, 1.54) is 0 Å². The molecule has 0 radical (unpaired) electrons. The lowest BCUT2D eigenvalue weighted by atomic mass is 9.95. The molecular weight excluding hydrogens is 424 g/mol. The van der Waals surface area contributed by atoms with E-state index >= 15 is 0 Å². The Morgan fingerprint density at radius 3 is 2.55 bits per heavy atom. The minimum absolute atomic E-state index is 0.0134. The predicted molar refractivity (Wildman–Crippen MR) is 118 cm³/mol. The number of hydrogen-bond donors (Lipinski definition) is 1. The average molecular weight is 448 g/mol. The van der Waals surface area contributed by atoms with Crippen molar-refractivity contribution in [2.75, 3.05) is 19.9 Å². The van der Waals surface area contributed by atoms with E-state index in [0.29, 0.717) is 55.5 Å². The molecule has 0 saturated carbocycles. The number of carbonyl (C=O) groups is 2. The molecule has 3 heterocycles. The van der Waals surface area contributed by atoms with Crippen molar-refractivity contribution < 1.29 is 23.6 Å². The van der Waals surface area contributed by atoms with Gasteiger partial charge in [0.1, 0.15) is 0 Å². The maximum atomic E-state index is 12.9. The van der Waals surface area contributed by atoms with Gasteiger partial charge in [0.05, 0.1) is 0 Å². The lowest BCUT2D eigenvalue weighted by Crippen LogP contribution is -2.42. The lowest BCUT2D eigenvalue weighted by Gasteiger charge is -2.31. The number of benzene rings is 2. The maximum absolute atomic E-state index is 12.9. The smallest absolute Gasteiger partial charge is 0.253 e. The van der Waals surface area contributed by atoms with Gasteiger partial charge in [0.25, 0.3) is 5.91 Å². The Labute approximate surface area is 190 Å². The van der Waals surface area contributed by atoms with Crippen molar-refractivity contribution in [3.8, 4) is 22.9 Å². The number of ether oxygens (including phenoxy) is 2. The lowest BCUT2D eigenvalue weighted by molar-refractivity contribution is -0.126. The third-order valence-electron chi connectivity index (χ3n) is 5.97. The van der Waals surface area contributed by atoms with Crippen LogP contribution in [0, 0.1) is 12.8 Å². The molecule has 0 aliphatic carbocycles. The van der Waals surface area contributed by atoms with Crippen LogP contribution < -0.4 is 14.8 Å². The van der Waals surface area contributed by atoms with E-state index in [1.54, 1.807) is 24.0 Å².